The number of hydrogen-bond donors (Lipinski definition) is 2. The van der Waals surface area contributed by atoms with Crippen LogP contribution in [0.3, 0.4) is 0 Å². The first-order valence-corrected chi connectivity index (χ1v) is 6.86. The molecule has 0 heterocycles. The van der Waals surface area contributed by atoms with Gasteiger partial charge in [-0.15, -0.1) is 0 Å². The summed E-state index contributed by atoms with van der Waals surface area (Å²) in [6, 6.07) is 6.41. The van der Waals surface area contributed by atoms with E-state index in [0.717, 1.165) is 25.0 Å². The van der Waals surface area contributed by atoms with E-state index in [1.165, 1.54) is 11.6 Å². The van der Waals surface area contributed by atoms with Gasteiger partial charge in [0.05, 0.1) is 0 Å². The predicted octanol–water partition coefficient (Wildman–Crippen LogP) is 3.69. The van der Waals surface area contributed by atoms with Gasteiger partial charge in [0.15, 0.2) is 11.6 Å². The van der Waals surface area contributed by atoms with Crippen molar-refractivity contribution in [3.05, 3.63) is 53.5 Å². The molecule has 1 rings (SSSR count). The van der Waals surface area contributed by atoms with Crippen molar-refractivity contribution in [3.63, 3.8) is 0 Å². The highest BCUT2D eigenvalue weighted by molar-refractivity contribution is 5.23. The Morgan fingerprint density at radius 2 is 2.05 bits per heavy atom. The molecule has 0 aliphatic heterocycles. The van der Waals surface area contributed by atoms with Crippen LogP contribution in [-0.4, -0.2) is 6.61 Å². The molecule has 0 aliphatic rings. The number of hydrazine groups is 1. The number of nitrogens with two attached hydrogens (primary N) is 1. The first kappa shape index (κ1) is 16.2. The Morgan fingerprint density at radius 1 is 1.30 bits per heavy atom. The molecule has 110 valence electrons. The molecular formula is C16H23FN2O. The predicted molar refractivity (Wildman–Crippen MR) is 80.6 cm³/mol. The zero-order chi connectivity index (χ0) is 14.8. The number of para-hydroxylation sites is 1. The Hall–Kier alpha value is -1.81. The normalized spacial score (nSPS) is 12.4. The fourth-order valence-corrected chi connectivity index (χ4v) is 1.75. The standard InChI is InChI=1S/C16H23FN2O/c1-3-6-14(19-18)10-9-13(2)11-12-20-16-8-5-4-7-15(16)17/h4-8,11,19H,3,9-10,12,18H2,1-2H3/b13-11-,14-6+. The SMILES string of the molecule is CC/C=C(\CC/C(C)=C\COc1ccccc1F)NN. The topological polar surface area (TPSA) is 47.3 Å². The Kier molecular flexibility index (Phi) is 7.43. The summed E-state index contributed by atoms with van der Waals surface area (Å²) in [4.78, 5) is 0. The second-order valence-electron chi connectivity index (χ2n) is 4.57. The summed E-state index contributed by atoms with van der Waals surface area (Å²) in [5.74, 6) is 5.38. The lowest BCUT2D eigenvalue weighted by Crippen LogP contribution is -2.21. The summed E-state index contributed by atoms with van der Waals surface area (Å²) in [5.41, 5.74) is 4.93. The van der Waals surface area contributed by atoms with E-state index < -0.39 is 0 Å². The van der Waals surface area contributed by atoms with Crippen LogP contribution in [0.4, 0.5) is 4.39 Å². The summed E-state index contributed by atoms with van der Waals surface area (Å²) in [6.45, 7) is 4.47. The van der Waals surface area contributed by atoms with E-state index in [1.807, 2.05) is 13.0 Å². The second kappa shape index (κ2) is 9.15. The van der Waals surface area contributed by atoms with Crippen LogP contribution in [-0.2, 0) is 0 Å². The molecule has 0 aromatic heterocycles. The van der Waals surface area contributed by atoms with E-state index in [1.54, 1.807) is 18.2 Å². The molecule has 0 bridgehead atoms. The van der Waals surface area contributed by atoms with Crippen LogP contribution in [0.2, 0.25) is 0 Å². The van der Waals surface area contributed by atoms with E-state index in [9.17, 15) is 4.39 Å². The maximum absolute atomic E-state index is 13.3. The Morgan fingerprint density at radius 3 is 2.70 bits per heavy atom. The van der Waals surface area contributed by atoms with Crippen LogP contribution in [0.25, 0.3) is 0 Å². The molecule has 0 aliphatic carbocycles. The van der Waals surface area contributed by atoms with Crippen LogP contribution in [0.1, 0.15) is 33.1 Å². The van der Waals surface area contributed by atoms with Gasteiger partial charge in [0.1, 0.15) is 6.61 Å². The molecule has 0 saturated heterocycles. The molecule has 1 aromatic rings. The number of nitrogens with one attached hydrogen (secondary N) is 1. The highest BCUT2D eigenvalue weighted by atomic mass is 19.1. The molecule has 0 atom stereocenters. The molecule has 0 radical (unpaired) electrons. The maximum Gasteiger partial charge on any atom is 0.165 e. The molecule has 4 heteroatoms. The molecule has 0 saturated carbocycles. The number of rotatable bonds is 8. The van der Waals surface area contributed by atoms with E-state index in [0.29, 0.717) is 6.61 Å². The Balaban J connectivity index is 2.39. The molecule has 3 nitrogen and oxygen atoms in total. The summed E-state index contributed by atoms with van der Waals surface area (Å²) in [5, 5.41) is 0. The molecule has 3 N–H and O–H groups in total. The fourth-order valence-electron chi connectivity index (χ4n) is 1.75. The third-order valence-corrected chi connectivity index (χ3v) is 2.93. The number of halogens is 1. The lowest BCUT2D eigenvalue weighted by molar-refractivity contribution is 0.340. The van der Waals surface area contributed by atoms with Gasteiger partial charge in [0.25, 0.3) is 0 Å². The van der Waals surface area contributed by atoms with E-state index in [2.05, 4.69) is 18.4 Å². The third kappa shape index (κ3) is 5.89. The van der Waals surface area contributed by atoms with Crippen LogP contribution in [0, 0.1) is 5.82 Å². The van der Waals surface area contributed by atoms with Crippen molar-refractivity contribution in [3.8, 4) is 5.75 Å². The monoisotopic (exact) mass is 278 g/mol. The smallest absolute Gasteiger partial charge is 0.165 e. The van der Waals surface area contributed by atoms with E-state index >= 15 is 0 Å². The van der Waals surface area contributed by atoms with Crippen molar-refractivity contribution in [1.29, 1.82) is 0 Å². The van der Waals surface area contributed by atoms with Gasteiger partial charge in [-0.1, -0.05) is 30.7 Å². The van der Waals surface area contributed by atoms with Gasteiger partial charge in [0, 0.05) is 5.70 Å². The molecule has 0 fully saturated rings. The van der Waals surface area contributed by atoms with Gasteiger partial charge >= 0.3 is 0 Å². The highest BCUT2D eigenvalue weighted by Gasteiger charge is 2.00. The zero-order valence-corrected chi connectivity index (χ0v) is 12.2. The van der Waals surface area contributed by atoms with Crippen molar-refractivity contribution in [1.82, 2.24) is 5.43 Å². The van der Waals surface area contributed by atoms with Gasteiger partial charge in [-0.05, 0) is 44.4 Å². The average Bonchev–Trinajstić information content (AvgIpc) is 2.45. The molecule has 20 heavy (non-hydrogen) atoms. The van der Waals surface area contributed by atoms with E-state index in [-0.39, 0.29) is 11.6 Å². The number of hydrogen-bond acceptors (Lipinski definition) is 3. The molecule has 1 aromatic carbocycles. The Bertz CT molecular complexity index is 469. The molecule has 0 spiro atoms. The van der Waals surface area contributed by atoms with Gasteiger partial charge < -0.3 is 10.2 Å². The first-order valence-electron chi connectivity index (χ1n) is 6.86. The number of ether oxygens (including phenoxy) is 1. The Labute approximate surface area is 120 Å². The molecular weight excluding hydrogens is 255 g/mol. The molecule has 0 unspecified atom stereocenters. The first-order chi connectivity index (χ1) is 9.67. The van der Waals surface area contributed by atoms with Crippen molar-refractivity contribution >= 4 is 0 Å². The summed E-state index contributed by atoms with van der Waals surface area (Å²) >= 11 is 0. The van der Waals surface area contributed by atoms with Crippen molar-refractivity contribution in [2.75, 3.05) is 6.61 Å². The number of allylic oxidation sites excluding steroid dienone is 3. The number of benzene rings is 1. The zero-order valence-electron chi connectivity index (χ0n) is 12.2. The van der Waals surface area contributed by atoms with E-state index in [4.69, 9.17) is 10.6 Å². The van der Waals surface area contributed by atoms with Gasteiger partial charge in [-0.2, -0.15) is 0 Å². The highest BCUT2D eigenvalue weighted by Crippen LogP contribution is 2.16. The summed E-state index contributed by atoms with van der Waals surface area (Å²) in [7, 11) is 0. The van der Waals surface area contributed by atoms with Gasteiger partial charge in [-0.3, -0.25) is 5.84 Å². The summed E-state index contributed by atoms with van der Waals surface area (Å²) in [6.07, 6.45) is 6.76. The lowest BCUT2D eigenvalue weighted by atomic mass is 10.1. The van der Waals surface area contributed by atoms with Crippen molar-refractivity contribution in [2.24, 2.45) is 5.84 Å². The lowest BCUT2D eigenvalue weighted by Gasteiger charge is -2.08. The molecule has 0 amide bonds. The van der Waals surface area contributed by atoms with Crippen molar-refractivity contribution < 1.29 is 9.13 Å². The minimum atomic E-state index is -0.334. The quantitative estimate of drug-likeness (QED) is 0.433. The second-order valence-corrected chi connectivity index (χ2v) is 4.57. The maximum atomic E-state index is 13.3. The average molecular weight is 278 g/mol. The third-order valence-electron chi connectivity index (χ3n) is 2.93. The van der Waals surface area contributed by atoms with Gasteiger partial charge in [-0.25, -0.2) is 4.39 Å². The van der Waals surface area contributed by atoms with Crippen LogP contribution >= 0.6 is 0 Å². The minimum Gasteiger partial charge on any atom is -0.486 e. The van der Waals surface area contributed by atoms with Crippen LogP contribution in [0.15, 0.2) is 47.7 Å². The minimum absolute atomic E-state index is 0.284. The van der Waals surface area contributed by atoms with Gasteiger partial charge in [0.2, 0.25) is 0 Å². The van der Waals surface area contributed by atoms with Crippen LogP contribution in [0.5, 0.6) is 5.75 Å². The van der Waals surface area contributed by atoms with Crippen LogP contribution < -0.4 is 16.0 Å². The largest absolute Gasteiger partial charge is 0.486 e. The summed E-state index contributed by atoms with van der Waals surface area (Å²) < 4.78 is 18.7. The fraction of sp³-hybridized carbons (Fsp3) is 0.375. The van der Waals surface area contributed by atoms with Crippen molar-refractivity contribution in [2.45, 2.75) is 33.1 Å².